The standard InChI is InChI=1S/C18H34N2S/c1-5-8-13-11-14(6-2)17(15(7-3)12-13)20-18(21-4)19-16-9-10-16/h13-17H,5-12H2,1-4H3,(H,19,20). The van der Waals surface area contributed by atoms with Gasteiger partial charge in [0.2, 0.25) is 0 Å². The molecule has 2 saturated carbocycles. The van der Waals surface area contributed by atoms with Gasteiger partial charge in [0.05, 0.1) is 6.04 Å². The fourth-order valence-corrected chi connectivity index (χ4v) is 4.49. The lowest BCUT2D eigenvalue weighted by atomic mass is 9.69. The molecular formula is C18H34N2S. The van der Waals surface area contributed by atoms with Crippen molar-refractivity contribution in [2.75, 3.05) is 6.26 Å². The van der Waals surface area contributed by atoms with Gasteiger partial charge in [-0.25, -0.2) is 0 Å². The molecule has 21 heavy (non-hydrogen) atoms. The van der Waals surface area contributed by atoms with Crippen LogP contribution in [-0.2, 0) is 0 Å². The number of amidine groups is 1. The quantitative estimate of drug-likeness (QED) is 0.546. The number of hydrogen-bond acceptors (Lipinski definition) is 2. The van der Waals surface area contributed by atoms with Crippen molar-refractivity contribution in [3.63, 3.8) is 0 Å². The molecule has 122 valence electrons. The molecule has 0 aliphatic heterocycles. The Hall–Kier alpha value is -0.180. The van der Waals surface area contributed by atoms with Gasteiger partial charge in [0.15, 0.2) is 5.17 Å². The van der Waals surface area contributed by atoms with E-state index in [9.17, 15) is 0 Å². The number of rotatable bonds is 6. The fourth-order valence-electron chi connectivity index (χ4n) is 3.97. The highest BCUT2D eigenvalue weighted by Crippen LogP contribution is 2.41. The molecule has 2 nitrogen and oxygen atoms in total. The van der Waals surface area contributed by atoms with E-state index in [0.29, 0.717) is 12.1 Å². The maximum Gasteiger partial charge on any atom is 0.156 e. The van der Waals surface area contributed by atoms with E-state index in [1.807, 2.05) is 0 Å². The number of aliphatic imine (C=N–C) groups is 1. The van der Waals surface area contributed by atoms with Crippen molar-refractivity contribution in [3.05, 3.63) is 0 Å². The fraction of sp³-hybridized carbons (Fsp3) is 0.944. The number of hydrogen-bond donors (Lipinski definition) is 1. The maximum absolute atomic E-state index is 5.20. The summed E-state index contributed by atoms with van der Waals surface area (Å²) < 4.78 is 0. The van der Waals surface area contributed by atoms with Crippen LogP contribution in [0, 0.1) is 17.8 Å². The second kappa shape index (κ2) is 8.45. The molecule has 2 atom stereocenters. The Morgan fingerprint density at radius 1 is 1.10 bits per heavy atom. The summed E-state index contributed by atoms with van der Waals surface area (Å²) in [5, 5.41) is 4.83. The highest BCUT2D eigenvalue weighted by Gasteiger charge is 2.36. The summed E-state index contributed by atoms with van der Waals surface area (Å²) in [6, 6.07) is 1.27. The number of nitrogens with zero attached hydrogens (tertiary/aromatic N) is 1. The normalized spacial score (nSPS) is 34.0. The van der Waals surface area contributed by atoms with Crippen LogP contribution in [0.2, 0.25) is 0 Å². The van der Waals surface area contributed by atoms with Gasteiger partial charge in [0.25, 0.3) is 0 Å². The summed E-state index contributed by atoms with van der Waals surface area (Å²) >= 11 is 1.81. The Kier molecular flexibility index (Phi) is 6.91. The molecule has 2 unspecified atom stereocenters. The Bertz CT molecular complexity index is 324. The van der Waals surface area contributed by atoms with Crippen molar-refractivity contribution in [2.45, 2.75) is 84.2 Å². The third-order valence-corrected chi connectivity index (χ3v) is 5.96. The van der Waals surface area contributed by atoms with Crippen molar-refractivity contribution < 1.29 is 0 Å². The summed E-state index contributed by atoms with van der Waals surface area (Å²) in [5.41, 5.74) is 0. The molecule has 0 amide bonds. The highest BCUT2D eigenvalue weighted by atomic mass is 32.2. The van der Waals surface area contributed by atoms with Gasteiger partial charge in [0, 0.05) is 6.04 Å². The smallest absolute Gasteiger partial charge is 0.156 e. The molecule has 1 N–H and O–H groups in total. The van der Waals surface area contributed by atoms with Crippen molar-refractivity contribution in [1.29, 1.82) is 0 Å². The van der Waals surface area contributed by atoms with E-state index in [1.165, 1.54) is 56.5 Å². The van der Waals surface area contributed by atoms with E-state index in [2.05, 4.69) is 32.3 Å². The minimum atomic E-state index is 0.557. The minimum Gasteiger partial charge on any atom is -0.362 e. The van der Waals surface area contributed by atoms with Crippen LogP contribution in [0.5, 0.6) is 0 Å². The van der Waals surface area contributed by atoms with E-state index < -0.39 is 0 Å². The van der Waals surface area contributed by atoms with Gasteiger partial charge in [-0.15, -0.1) is 0 Å². The summed E-state index contributed by atoms with van der Waals surface area (Å²) in [5.74, 6) is 2.54. The second-order valence-corrected chi connectivity index (χ2v) is 7.81. The van der Waals surface area contributed by atoms with Gasteiger partial charge in [-0.05, 0) is 49.7 Å². The van der Waals surface area contributed by atoms with Crippen LogP contribution in [0.3, 0.4) is 0 Å². The first-order valence-corrected chi connectivity index (χ1v) is 10.3. The summed E-state index contributed by atoms with van der Waals surface area (Å²) in [4.78, 5) is 5.20. The topological polar surface area (TPSA) is 24.4 Å². The number of thioether (sulfide) groups is 1. The van der Waals surface area contributed by atoms with Gasteiger partial charge in [0.1, 0.15) is 0 Å². The zero-order valence-electron chi connectivity index (χ0n) is 14.4. The first kappa shape index (κ1) is 17.2. The van der Waals surface area contributed by atoms with Crippen LogP contribution in [0.1, 0.15) is 72.1 Å². The summed E-state index contributed by atoms with van der Waals surface area (Å²) in [6.45, 7) is 7.06. The highest BCUT2D eigenvalue weighted by molar-refractivity contribution is 8.13. The lowest BCUT2D eigenvalue weighted by molar-refractivity contribution is 0.148. The Morgan fingerprint density at radius 3 is 2.14 bits per heavy atom. The largest absolute Gasteiger partial charge is 0.362 e. The van der Waals surface area contributed by atoms with Crippen LogP contribution >= 0.6 is 11.8 Å². The molecule has 2 fully saturated rings. The van der Waals surface area contributed by atoms with Crippen molar-refractivity contribution in [1.82, 2.24) is 5.32 Å². The average molecular weight is 311 g/mol. The lowest BCUT2D eigenvalue weighted by Crippen LogP contribution is -2.37. The first-order valence-electron chi connectivity index (χ1n) is 9.10. The van der Waals surface area contributed by atoms with Gasteiger partial charge in [-0.1, -0.05) is 58.2 Å². The van der Waals surface area contributed by atoms with E-state index in [1.54, 1.807) is 11.8 Å². The molecule has 0 spiro atoms. The molecule has 0 bridgehead atoms. The summed E-state index contributed by atoms with van der Waals surface area (Å²) in [6.07, 6.45) is 13.0. The predicted molar refractivity (Wildman–Crippen MR) is 96.1 cm³/mol. The Balaban J connectivity index is 2.07. The van der Waals surface area contributed by atoms with E-state index >= 15 is 0 Å². The Labute approximate surface area is 135 Å². The molecule has 0 aromatic carbocycles. The van der Waals surface area contributed by atoms with Crippen molar-refractivity contribution in [3.8, 4) is 0 Å². The van der Waals surface area contributed by atoms with Crippen molar-refractivity contribution in [2.24, 2.45) is 22.7 Å². The molecule has 2 aliphatic carbocycles. The molecular weight excluding hydrogens is 276 g/mol. The number of nitrogens with one attached hydrogen (secondary N) is 1. The lowest BCUT2D eigenvalue weighted by Gasteiger charge is -2.40. The van der Waals surface area contributed by atoms with Crippen LogP contribution < -0.4 is 5.32 Å². The predicted octanol–water partition coefficient (Wildman–Crippen LogP) is 5.09. The van der Waals surface area contributed by atoms with Crippen LogP contribution in [0.4, 0.5) is 0 Å². The molecule has 3 heteroatoms. The maximum atomic E-state index is 5.20. The van der Waals surface area contributed by atoms with E-state index in [-0.39, 0.29) is 0 Å². The van der Waals surface area contributed by atoms with Gasteiger partial charge < -0.3 is 5.32 Å². The molecule has 0 heterocycles. The third kappa shape index (κ3) is 4.91. The molecule has 0 aromatic heterocycles. The van der Waals surface area contributed by atoms with Gasteiger partial charge >= 0.3 is 0 Å². The molecule has 2 rings (SSSR count). The SMILES string of the molecule is CCCC1CC(CC)C(N=C(NC2CC2)SC)C(CC)C1. The van der Waals surface area contributed by atoms with E-state index in [0.717, 1.165) is 17.8 Å². The summed E-state index contributed by atoms with van der Waals surface area (Å²) in [7, 11) is 0. The van der Waals surface area contributed by atoms with Crippen LogP contribution in [0.15, 0.2) is 4.99 Å². The van der Waals surface area contributed by atoms with Crippen LogP contribution in [-0.4, -0.2) is 23.5 Å². The van der Waals surface area contributed by atoms with E-state index in [4.69, 9.17) is 4.99 Å². The van der Waals surface area contributed by atoms with Gasteiger partial charge in [-0.2, -0.15) is 0 Å². The van der Waals surface area contributed by atoms with Crippen molar-refractivity contribution >= 4 is 16.9 Å². The first-order chi connectivity index (χ1) is 10.2. The monoisotopic (exact) mass is 310 g/mol. The zero-order valence-corrected chi connectivity index (χ0v) is 15.2. The second-order valence-electron chi connectivity index (χ2n) is 7.01. The molecule has 0 saturated heterocycles. The Morgan fingerprint density at radius 2 is 1.71 bits per heavy atom. The minimum absolute atomic E-state index is 0.557. The molecule has 0 radical (unpaired) electrons. The average Bonchev–Trinajstić information content (AvgIpc) is 3.31. The third-order valence-electron chi connectivity index (χ3n) is 5.35. The zero-order chi connectivity index (χ0) is 15.2. The molecule has 2 aliphatic rings. The van der Waals surface area contributed by atoms with Gasteiger partial charge in [-0.3, -0.25) is 4.99 Å². The molecule has 0 aromatic rings. The van der Waals surface area contributed by atoms with Crippen LogP contribution in [0.25, 0.3) is 0 Å².